The van der Waals surface area contributed by atoms with Gasteiger partial charge < -0.3 is 10.2 Å². The first kappa shape index (κ1) is 15.7. The maximum atomic E-state index is 12.9. The van der Waals surface area contributed by atoms with Gasteiger partial charge >= 0.3 is 0 Å². The van der Waals surface area contributed by atoms with E-state index in [9.17, 15) is 14.9 Å². The van der Waals surface area contributed by atoms with E-state index in [0.717, 1.165) is 11.3 Å². The Hall–Kier alpha value is -3.15. The molecule has 122 valence electrons. The summed E-state index contributed by atoms with van der Waals surface area (Å²) >= 11 is 0. The van der Waals surface area contributed by atoms with Gasteiger partial charge in [0.05, 0.1) is 10.5 Å². The lowest BCUT2D eigenvalue weighted by Gasteiger charge is -2.46. The zero-order valence-corrected chi connectivity index (χ0v) is 13.2. The van der Waals surface area contributed by atoms with E-state index < -0.39 is 10.6 Å². The van der Waals surface area contributed by atoms with Crippen LogP contribution in [0.15, 0.2) is 61.2 Å². The molecule has 1 aliphatic heterocycles. The van der Waals surface area contributed by atoms with Crippen LogP contribution in [0.2, 0.25) is 0 Å². The number of nitro benzene ring substituents is 1. The van der Waals surface area contributed by atoms with E-state index in [-0.39, 0.29) is 11.6 Å². The molecule has 0 aromatic heterocycles. The normalized spacial score (nSPS) is 19.4. The molecule has 1 heterocycles. The number of carbonyl (C=O) groups excluding carboxylic acids is 1. The number of anilines is 1. The van der Waals surface area contributed by atoms with Gasteiger partial charge in [0, 0.05) is 24.4 Å². The summed E-state index contributed by atoms with van der Waals surface area (Å²) in [4.78, 5) is 25.0. The second-order valence-electron chi connectivity index (χ2n) is 5.75. The molecule has 0 aliphatic carbocycles. The molecule has 1 aliphatic rings. The number of fused-ring (bicyclic) bond motifs is 1. The lowest BCUT2D eigenvalue weighted by molar-refractivity contribution is -0.384. The molecule has 1 unspecified atom stereocenters. The Morgan fingerprint density at radius 3 is 2.54 bits per heavy atom. The van der Waals surface area contributed by atoms with Gasteiger partial charge in [-0.3, -0.25) is 14.9 Å². The van der Waals surface area contributed by atoms with Crippen LogP contribution in [-0.4, -0.2) is 22.3 Å². The number of hydrogen-bond acceptors (Lipinski definition) is 4. The number of benzene rings is 2. The van der Waals surface area contributed by atoms with Crippen molar-refractivity contribution in [2.45, 2.75) is 12.6 Å². The Morgan fingerprint density at radius 2 is 1.92 bits per heavy atom. The van der Waals surface area contributed by atoms with E-state index in [0.29, 0.717) is 12.1 Å². The zero-order chi connectivity index (χ0) is 17.3. The van der Waals surface area contributed by atoms with E-state index in [2.05, 4.69) is 11.9 Å². The fraction of sp³-hybridized carbons (Fsp3) is 0.167. The second kappa shape index (κ2) is 5.81. The maximum Gasteiger partial charge on any atom is 0.269 e. The van der Waals surface area contributed by atoms with E-state index >= 15 is 0 Å². The average Bonchev–Trinajstić information content (AvgIpc) is 2.59. The van der Waals surface area contributed by atoms with Crippen molar-refractivity contribution >= 4 is 17.3 Å². The third kappa shape index (κ3) is 2.42. The topological polar surface area (TPSA) is 75.5 Å². The van der Waals surface area contributed by atoms with Gasteiger partial charge in [0.2, 0.25) is 0 Å². The van der Waals surface area contributed by atoms with Crippen molar-refractivity contribution in [2.24, 2.45) is 0 Å². The first-order chi connectivity index (χ1) is 11.5. The Labute approximate surface area is 139 Å². The van der Waals surface area contributed by atoms with Gasteiger partial charge in [0.25, 0.3) is 11.6 Å². The molecule has 0 saturated heterocycles. The molecule has 0 spiro atoms. The molecule has 0 fully saturated rings. The van der Waals surface area contributed by atoms with Crippen LogP contribution in [0, 0.1) is 10.1 Å². The Balaban J connectivity index is 2.10. The Morgan fingerprint density at radius 1 is 1.25 bits per heavy atom. The monoisotopic (exact) mass is 323 g/mol. The predicted octanol–water partition coefficient (Wildman–Crippen LogP) is 3.52. The van der Waals surface area contributed by atoms with Crippen LogP contribution >= 0.6 is 0 Å². The van der Waals surface area contributed by atoms with Crippen LogP contribution in [0.3, 0.4) is 0 Å². The van der Waals surface area contributed by atoms with Crippen LogP contribution in [0.25, 0.3) is 0 Å². The first-order valence-corrected chi connectivity index (χ1v) is 7.52. The lowest BCUT2D eigenvalue weighted by atomic mass is 9.93. The number of para-hydroxylation sites is 1. The van der Waals surface area contributed by atoms with Gasteiger partial charge in [0.1, 0.15) is 5.66 Å². The molecule has 24 heavy (non-hydrogen) atoms. The standard InChI is InChI=1S/C18H17N3O3/c1-3-12-20-17(22)15-6-4-5-7-16(15)19-18(20,2)13-8-10-14(11-9-13)21(23)24/h3-11,19H,1,12H2,2H3. The summed E-state index contributed by atoms with van der Waals surface area (Å²) in [5, 5.41) is 14.3. The minimum atomic E-state index is -0.825. The molecule has 0 radical (unpaired) electrons. The van der Waals surface area contributed by atoms with E-state index in [1.165, 1.54) is 12.1 Å². The highest BCUT2D eigenvalue weighted by Crippen LogP contribution is 2.38. The highest BCUT2D eigenvalue weighted by Gasteiger charge is 2.41. The van der Waals surface area contributed by atoms with Crippen molar-refractivity contribution < 1.29 is 9.72 Å². The lowest BCUT2D eigenvalue weighted by Crippen LogP contribution is -2.55. The number of hydrogen-bond donors (Lipinski definition) is 1. The summed E-state index contributed by atoms with van der Waals surface area (Å²) in [5.74, 6) is -0.106. The molecule has 6 nitrogen and oxygen atoms in total. The molecule has 1 amide bonds. The highest BCUT2D eigenvalue weighted by molar-refractivity contribution is 6.02. The predicted molar refractivity (Wildman–Crippen MR) is 91.7 cm³/mol. The van der Waals surface area contributed by atoms with Gasteiger partial charge in [-0.05, 0) is 36.8 Å². The summed E-state index contributed by atoms with van der Waals surface area (Å²) in [7, 11) is 0. The molecule has 0 bridgehead atoms. The third-order valence-corrected chi connectivity index (χ3v) is 4.27. The molecule has 0 saturated carbocycles. The van der Waals surface area contributed by atoms with Crippen LogP contribution in [0.5, 0.6) is 0 Å². The quantitative estimate of drug-likeness (QED) is 0.530. The molecule has 6 heteroatoms. The largest absolute Gasteiger partial charge is 0.358 e. The zero-order valence-electron chi connectivity index (χ0n) is 13.2. The number of rotatable bonds is 4. The summed E-state index contributed by atoms with van der Waals surface area (Å²) in [6.45, 7) is 5.97. The van der Waals surface area contributed by atoms with Gasteiger partial charge in [-0.2, -0.15) is 0 Å². The van der Waals surface area contributed by atoms with Gasteiger partial charge in [-0.25, -0.2) is 0 Å². The van der Waals surface area contributed by atoms with Crippen LogP contribution in [-0.2, 0) is 5.66 Å². The number of nitro groups is 1. The summed E-state index contributed by atoms with van der Waals surface area (Å²) in [6.07, 6.45) is 1.66. The van der Waals surface area contributed by atoms with Crippen LogP contribution < -0.4 is 5.32 Å². The smallest absolute Gasteiger partial charge is 0.269 e. The summed E-state index contributed by atoms with van der Waals surface area (Å²) in [5.41, 5.74) is 1.29. The van der Waals surface area contributed by atoms with Crippen molar-refractivity contribution in [3.05, 3.63) is 82.4 Å². The average molecular weight is 323 g/mol. The number of carbonyl (C=O) groups is 1. The molecule has 1 atom stereocenters. The van der Waals surface area contributed by atoms with Gasteiger partial charge in [-0.1, -0.05) is 18.2 Å². The minimum absolute atomic E-state index is 0.0140. The van der Waals surface area contributed by atoms with Crippen molar-refractivity contribution in [3.63, 3.8) is 0 Å². The Kier molecular flexibility index (Phi) is 3.81. The summed E-state index contributed by atoms with van der Waals surface area (Å²) < 4.78 is 0. The van der Waals surface area contributed by atoms with Crippen molar-refractivity contribution in [1.29, 1.82) is 0 Å². The minimum Gasteiger partial charge on any atom is -0.358 e. The molecular weight excluding hydrogens is 306 g/mol. The van der Waals surface area contributed by atoms with E-state index in [1.807, 2.05) is 25.1 Å². The fourth-order valence-corrected chi connectivity index (χ4v) is 2.99. The summed E-state index contributed by atoms with van der Waals surface area (Å²) in [6, 6.07) is 13.5. The molecular formula is C18H17N3O3. The number of amides is 1. The molecule has 2 aromatic rings. The van der Waals surface area contributed by atoms with E-state index in [1.54, 1.807) is 29.2 Å². The molecule has 3 rings (SSSR count). The van der Waals surface area contributed by atoms with Crippen LogP contribution in [0.4, 0.5) is 11.4 Å². The number of nitrogens with one attached hydrogen (secondary N) is 1. The highest BCUT2D eigenvalue weighted by atomic mass is 16.6. The van der Waals surface area contributed by atoms with Crippen molar-refractivity contribution in [2.75, 3.05) is 11.9 Å². The van der Waals surface area contributed by atoms with Crippen LogP contribution in [0.1, 0.15) is 22.8 Å². The van der Waals surface area contributed by atoms with Gasteiger partial charge in [-0.15, -0.1) is 6.58 Å². The van der Waals surface area contributed by atoms with Gasteiger partial charge in [0.15, 0.2) is 0 Å². The maximum absolute atomic E-state index is 12.9. The first-order valence-electron chi connectivity index (χ1n) is 7.52. The number of nitrogens with zero attached hydrogens (tertiary/aromatic N) is 2. The van der Waals surface area contributed by atoms with E-state index in [4.69, 9.17) is 0 Å². The third-order valence-electron chi connectivity index (χ3n) is 4.27. The SMILES string of the molecule is C=CCN1C(=O)c2ccccc2NC1(C)c1ccc([N+](=O)[O-])cc1. The fourth-order valence-electron chi connectivity index (χ4n) is 2.99. The Bertz CT molecular complexity index is 817. The van der Waals surface area contributed by atoms with Crippen molar-refractivity contribution in [3.8, 4) is 0 Å². The molecule has 1 N–H and O–H groups in total. The second-order valence-corrected chi connectivity index (χ2v) is 5.75. The number of non-ortho nitro benzene ring substituents is 1. The van der Waals surface area contributed by atoms with Crippen molar-refractivity contribution in [1.82, 2.24) is 4.90 Å². The molecule has 2 aromatic carbocycles.